The molecule has 0 aliphatic rings. The van der Waals surface area contributed by atoms with E-state index in [9.17, 15) is 4.79 Å². The fourth-order valence-corrected chi connectivity index (χ4v) is 2.32. The molecule has 0 saturated heterocycles. The van der Waals surface area contributed by atoms with Gasteiger partial charge in [0.15, 0.2) is 0 Å². The summed E-state index contributed by atoms with van der Waals surface area (Å²) in [5, 5.41) is 6.20. The summed E-state index contributed by atoms with van der Waals surface area (Å²) in [4.78, 5) is 11.7. The van der Waals surface area contributed by atoms with E-state index in [2.05, 4.69) is 42.7 Å². The monoisotopic (exact) mass is 282 g/mol. The first-order valence-electron chi connectivity index (χ1n) is 7.29. The number of aryl methyl sites for hydroxylation is 2. The number of nitrogens with one attached hydrogen (secondary N) is 2. The molecular formula is C18H22N2O. The molecule has 0 bridgehead atoms. The average Bonchev–Trinajstić information content (AvgIpc) is 2.47. The molecule has 3 heteroatoms. The second kappa shape index (κ2) is 6.93. The summed E-state index contributed by atoms with van der Waals surface area (Å²) in [7, 11) is 0. The van der Waals surface area contributed by atoms with Gasteiger partial charge in [0, 0.05) is 24.3 Å². The normalized spacial score (nSPS) is 10.2. The summed E-state index contributed by atoms with van der Waals surface area (Å²) in [5.41, 5.74) is 5.62. The van der Waals surface area contributed by atoms with Gasteiger partial charge in [0.2, 0.25) is 0 Å². The van der Waals surface area contributed by atoms with Gasteiger partial charge in [-0.15, -0.1) is 0 Å². The number of benzene rings is 2. The molecule has 0 aliphatic carbocycles. The van der Waals surface area contributed by atoms with Gasteiger partial charge in [0.1, 0.15) is 0 Å². The highest BCUT2D eigenvalue weighted by Crippen LogP contribution is 2.16. The Morgan fingerprint density at radius 1 is 1.00 bits per heavy atom. The minimum Gasteiger partial charge on any atom is -0.381 e. The molecular weight excluding hydrogens is 260 g/mol. The highest BCUT2D eigenvalue weighted by molar-refractivity contribution is 5.94. The smallest absolute Gasteiger partial charge is 0.251 e. The molecule has 21 heavy (non-hydrogen) atoms. The average molecular weight is 282 g/mol. The van der Waals surface area contributed by atoms with Crippen molar-refractivity contribution in [3.8, 4) is 0 Å². The van der Waals surface area contributed by atoms with E-state index in [1.54, 1.807) is 0 Å². The second-order valence-corrected chi connectivity index (χ2v) is 5.16. The number of carbonyl (C=O) groups excluding carboxylic acids is 1. The Labute approximate surface area is 126 Å². The lowest BCUT2D eigenvalue weighted by Gasteiger charge is -2.12. The molecule has 3 nitrogen and oxygen atoms in total. The SMILES string of the molecule is CCNC(=O)c1ccc(NCc2c(C)cccc2C)cc1. The van der Waals surface area contributed by atoms with Crippen LogP contribution in [0.2, 0.25) is 0 Å². The summed E-state index contributed by atoms with van der Waals surface area (Å²) in [6.07, 6.45) is 0. The highest BCUT2D eigenvalue weighted by Gasteiger charge is 2.04. The molecule has 110 valence electrons. The van der Waals surface area contributed by atoms with Crippen LogP contribution in [0.4, 0.5) is 5.69 Å². The van der Waals surface area contributed by atoms with Crippen LogP contribution in [0.25, 0.3) is 0 Å². The largest absolute Gasteiger partial charge is 0.381 e. The van der Waals surface area contributed by atoms with E-state index in [4.69, 9.17) is 0 Å². The first kappa shape index (κ1) is 15.1. The van der Waals surface area contributed by atoms with Crippen LogP contribution in [0.5, 0.6) is 0 Å². The summed E-state index contributed by atoms with van der Waals surface area (Å²) in [6, 6.07) is 13.9. The number of anilines is 1. The molecule has 1 amide bonds. The maximum absolute atomic E-state index is 11.7. The Morgan fingerprint density at radius 2 is 1.62 bits per heavy atom. The molecule has 0 atom stereocenters. The molecule has 0 fully saturated rings. The summed E-state index contributed by atoms with van der Waals surface area (Å²) in [5.74, 6) is -0.0289. The van der Waals surface area contributed by atoms with Crippen LogP contribution in [0.3, 0.4) is 0 Å². The molecule has 0 radical (unpaired) electrons. The van der Waals surface area contributed by atoms with E-state index in [1.807, 2.05) is 31.2 Å². The molecule has 0 unspecified atom stereocenters. The molecule has 2 N–H and O–H groups in total. The predicted molar refractivity (Wildman–Crippen MR) is 87.7 cm³/mol. The van der Waals surface area contributed by atoms with Crippen molar-refractivity contribution < 1.29 is 4.79 Å². The van der Waals surface area contributed by atoms with E-state index in [0.717, 1.165) is 12.2 Å². The van der Waals surface area contributed by atoms with Crippen LogP contribution in [-0.2, 0) is 6.54 Å². The van der Waals surface area contributed by atoms with Crippen LogP contribution < -0.4 is 10.6 Å². The van der Waals surface area contributed by atoms with Crippen molar-refractivity contribution in [2.24, 2.45) is 0 Å². The fraction of sp³-hybridized carbons (Fsp3) is 0.278. The minimum absolute atomic E-state index is 0.0289. The molecule has 0 saturated carbocycles. The Bertz CT molecular complexity index is 597. The van der Waals surface area contributed by atoms with Gasteiger partial charge in [-0.3, -0.25) is 4.79 Å². The second-order valence-electron chi connectivity index (χ2n) is 5.16. The van der Waals surface area contributed by atoms with Gasteiger partial charge in [-0.2, -0.15) is 0 Å². The molecule has 0 aromatic heterocycles. The van der Waals surface area contributed by atoms with Crippen LogP contribution in [0, 0.1) is 13.8 Å². The molecule has 2 aromatic carbocycles. The fourth-order valence-electron chi connectivity index (χ4n) is 2.32. The van der Waals surface area contributed by atoms with Crippen molar-refractivity contribution in [3.63, 3.8) is 0 Å². The third kappa shape index (κ3) is 3.85. The summed E-state index contributed by atoms with van der Waals surface area (Å²) >= 11 is 0. The topological polar surface area (TPSA) is 41.1 Å². The van der Waals surface area contributed by atoms with Gasteiger partial charge in [-0.05, 0) is 61.7 Å². The summed E-state index contributed by atoms with van der Waals surface area (Å²) < 4.78 is 0. The molecule has 0 aliphatic heterocycles. The van der Waals surface area contributed by atoms with Crippen LogP contribution in [0.15, 0.2) is 42.5 Å². The lowest BCUT2D eigenvalue weighted by atomic mass is 10.0. The van der Waals surface area contributed by atoms with Gasteiger partial charge < -0.3 is 10.6 Å². The number of amides is 1. The van der Waals surface area contributed by atoms with E-state index >= 15 is 0 Å². The van der Waals surface area contributed by atoms with Crippen LogP contribution >= 0.6 is 0 Å². The van der Waals surface area contributed by atoms with Crippen molar-refractivity contribution in [1.29, 1.82) is 0 Å². The Hall–Kier alpha value is -2.29. The number of rotatable bonds is 5. The van der Waals surface area contributed by atoms with Crippen LogP contribution in [0.1, 0.15) is 34.0 Å². The lowest BCUT2D eigenvalue weighted by molar-refractivity contribution is 0.0956. The number of hydrogen-bond acceptors (Lipinski definition) is 2. The molecule has 0 spiro atoms. The van der Waals surface area contributed by atoms with E-state index in [0.29, 0.717) is 12.1 Å². The Morgan fingerprint density at radius 3 is 2.19 bits per heavy atom. The zero-order chi connectivity index (χ0) is 15.2. The third-order valence-corrected chi connectivity index (χ3v) is 3.60. The van der Waals surface area contributed by atoms with Gasteiger partial charge in [-0.25, -0.2) is 0 Å². The molecule has 0 heterocycles. The first-order chi connectivity index (χ1) is 10.1. The lowest BCUT2D eigenvalue weighted by Crippen LogP contribution is -2.22. The van der Waals surface area contributed by atoms with Crippen molar-refractivity contribution in [1.82, 2.24) is 5.32 Å². The standard InChI is InChI=1S/C18H22N2O/c1-4-19-18(21)15-8-10-16(11-9-15)20-12-17-13(2)6-5-7-14(17)3/h5-11,20H,4,12H2,1-3H3,(H,19,21). The molecule has 2 rings (SSSR count). The number of hydrogen-bond donors (Lipinski definition) is 2. The van der Waals surface area contributed by atoms with Crippen molar-refractivity contribution in [3.05, 3.63) is 64.7 Å². The van der Waals surface area contributed by atoms with E-state index in [1.165, 1.54) is 16.7 Å². The first-order valence-corrected chi connectivity index (χ1v) is 7.29. The zero-order valence-corrected chi connectivity index (χ0v) is 12.9. The predicted octanol–water partition coefficient (Wildman–Crippen LogP) is 3.67. The number of carbonyl (C=O) groups is 1. The minimum atomic E-state index is -0.0289. The Kier molecular flexibility index (Phi) is 4.99. The van der Waals surface area contributed by atoms with Crippen molar-refractivity contribution in [2.45, 2.75) is 27.3 Å². The molecule has 2 aromatic rings. The quantitative estimate of drug-likeness (QED) is 0.878. The summed E-state index contributed by atoms with van der Waals surface area (Å²) in [6.45, 7) is 7.60. The van der Waals surface area contributed by atoms with E-state index < -0.39 is 0 Å². The van der Waals surface area contributed by atoms with Gasteiger partial charge in [-0.1, -0.05) is 18.2 Å². The maximum atomic E-state index is 11.7. The van der Waals surface area contributed by atoms with Gasteiger partial charge in [0.25, 0.3) is 5.91 Å². The zero-order valence-electron chi connectivity index (χ0n) is 12.9. The third-order valence-electron chi connectivity index (χ3n) is 3.60. The van der Waals surface area contributed by atoms with Crippen LogP contribution in [-0.4, -0.2) is 12.5 Å². The van der Waals surface area contributed by atoms with Crippen molar-refractivity contribution in [2.75, 3.05) is 11.9 Å². The maximum Gasteiger partial charge on any atom is 0.251 e. The highest BCUT2D eigenvalue weighted by atomic mass is 16.1. The van der Waals surface area contributed by atoms with Gasteiger partial charge in [0.05, 0.1) is 0 Å². The Balaban J connectivity index is 2.03. The van der Waals surface area contributed by atoms with Crippen molar-refractivity contribution >= 4 is 11.6 Å². The van der Waals surface area contributed by atoms with Gasteiger partial charge >= 0.3 is 0 Å². The van der Waals surface area contributed by atoms with E-state index in [-0.39, 0.29) is 5.91 Å².